The van der Waals surface area contributed by atoms with Gasteiger partial charge in [-0.15, -0.1) is 0 Å². The Labute approximate surface area is 200 Å². The molecule has 0 saturated carbocycles. The highest BCUT2D eigenvalue weighted by Gasteiger charge is 2.20. The number of aliphatic hydroxyl groups is 1. The molecule has 1 heterocycles. The molecule has 1 unspecified atom stereocenters. The van der Waals surface area contributed by atoms with E-state index in [-0.39, 0.29) is 29.2 Å². The number of hydrogen-bond acceptors (Lipinski definition) is 8. The minimum Gasteiger partial charge on any atom is -0.507 e. The highest BCUT2D eigenvalue weighted by Crippen LogP contribution is 2.32. The minimum atomic E-state index is -1.15. The molecule has 9 heteroatoms. The van der Waals surface area contributed by atoms with Crippen LogP contribution in [0.15, 0.2) is 68.7 Å². The van der Waals surface area contributed by atoms with Gasteiger partial charge in [0.15, 0.2) is 6.61 Å². The van der Waals surface area contributed by atoms with Crippen LogP contribution in [-0.4, -0.2) is 39.9 Å². The molecule has 0 bridgehead atoms. The van der Waals surface area contributed by atoms with Gasteiger partial charge in [-0.2, -0.15) is 0 Å². The van der Waals surface area contributed by atoms with Gasteiger partial charge in [-0.1, -0.05) is 36.9 Å². The fourth-order valence-corrected chi connectivity index (χ4v) is 4.21. The van der Waals surface area contributed by atoms with Gasteiger partial charge in [-0.25, -0.2) is 9.59 Å². The van der Waals surface area contributed by atoms with E-state index in [1.807, 2.05) is 37.3 Å². The van der Waals surface area contributed by atoms with Crippen molar-refractivity contribution < 1.29 is 34.0 Å². The van der Waals surface area contributed by atoms with Crippen molar-refractivity contribution in [2.45, 2.75) is 36.7 Å². The van der Waals surface area contributed by atoms with Crippen molar-refractivity contribution in [2.75, 3.05) is 13.2 Å². The van der Waals surface area contributed by atoms with Crippen LogP contribution in [0.5, 0.6) is 11.5 Å². The topological polar surface area (TPSA) is 126 Å². The van der Waals surface area contributed by atoms with Gasteiger partial charge in [0.25, 0.3) is 0 Å². The molecule has 2 aromatic carbocycles. The number of thioether (sulfide) groups is 1. The first-order valence-electron chi connectivity index (χ1n) is 10.7. The molecular weight excluding hydrogens is 460 g/mol. The van der Waals surface area contributed by atoms with Crippen LogP contribution in [0, 0.1) is 0 Å². The summed E-state index contributed by atoms with van der Waals surface area (Å²) in [6.45, 7) is 1.53. The number of carboxylic acids is 1. The lowest BCUT2D eigenvalue weighted by molar-refractivity contribution is -0.139. The summed E-state index contributed by atoms with van der Waals surface area (Å²) >= 11 is 1.46. The van der Waals surface area contributed by atoms with Gasteiger partial charge in [0.05, 0.1) is 12.2 Å². The summed E-state index contributed by atoms with van der Waals surface area (Å²) in [5, 5.41) is 29.0. The Morgan fingerprint density at radius 2 is 1.91 bits per heavy atom. The first-order chi connectivity index (χ1) is 16.4. The molecule has 0 aliphatic rings. The highest BCUT2D eigenvalue weighted by molar-refractivity contribution is 7.99. The maximum Gasteiger partial charge on any atom is 0.343 e. The number of rotatable bonds is 12. The normalized spacial score (nSPS) is 11.8. The summed E-state index contributed by atoms with van der Waals surface area (Å²) < 4.78 is 16.5. The maximum absolute atomic E-state index is 12.8. The summed E-state index contributed by atoms with van der Waals surface area (Å²) in [5.41, 5.74) is -0.239. The van der Waals surface area contributed by atoms with E-state index in [0.29, 0.717) is 17.7 Å². The van der Waals surface area contributed by atoms with Gasteiger partial charge in [-0.05, 0) is 36.8 Å². The van der Waals surface area contributed by atoms with Crippen LogP contribution in [0.1, 0.15) is 24.5 Å². The van der Waals surface area contributed by atoms with Gasteiger partial charge >= 0.3 is 11.6 Å². The van der Waals surface area contributed by atoms with Gasteiger partial charge < -0.3 is 29.2 Å². The second kappa shape index (κ2) is 12.3. The third kappa shape index (κ3) is 6.86. The molecule has 34 heavy (non-hydrogen) atoms. The van der Waals surface area contributed by atoms with Crippen molar-refractivity contribution in [3.63, 3.8) is 0 Å². The Hall–Kier alpha value is -3.27. The first kappa shape index (κ1) is 25.4. The molecule has 3 rings (SSSR count). The molecule has 0 fully saturated rings. The van der Waals surface area contributed by atoms with Crippen molar-refractivity contribution in [3.05, 3.63) is 76.1 Å². The number of hydrogen-bond donors (Lipinski definition) is 3. The van der Waals surface area contributed by atoms with Crippen LogP contribution in [0.2, 0.25) is 0 Å². The number of aromatic hydroxyl groups is 1. The zero-order valence-electron chi connectivity index (χ0n) is 18.6. The van der Waals surface area contributed by atoms with Gasteiger partial charge in [0, 0.05) is 35.1 Å². The standard InChI is InChI=1S/C25H26O8S/c1-2-10-31-24(34-18-6-4-3-5-7-18)12-19-20(27)13-22(33-25(19)30)16-8-9-21(17(11-16)14-26)32-15-23(28)29/h3-9,11,13,24,26-27H,2,10,12,14-15H2,1H3,(H,28,29). The van der Waals surface area contributed by atoms with E-state index < -0.39 is 30.2 Å². The van der Waals surface area contributed by atoms with Crippen LogP contribution in [0.25, 0.3) is 11.3 Å². The lowest BCUT2D eigenvalue weighted by Crippen LogP contribution is -2.18. The van der Waals surface area contributed by atoms with E-state index in [0.717, 1.165) is 11.3 Å². The van der Waals surface area contributed by atoms with E-state index in [9.17, 15) is 19.8 Å². The molecule has 8 nitrogen and oxygen atoms in total. The maximum atomic E-state index is 12.8. The van der Waals surface area contributed by atoms with E-state index in [2.05, 4.69) is 0 Å². The fraction of sp³-hybridized carbons (Fsp3) is 0.280. The summed E-state index contributed by atoms with van der Waals surface area (Å²) in [6, 6.07) is 15.5. The summed E-state index contributed by atoms with van der Waals surface area (Å²) in [7, 11) is 0. The molecule has 3 aromatic rings. The van der Waals surface area contributed by atoms with Gasteiger partial charge in [-0.3, -0.25) is 0 Å². The van der Waals surface area contributed by atoms with E-state index in [1.165, 1.54) is 30.0 Å². The zero-order chi connectivity index (χ0) is 24.5. The number of benzene rings is 2. The number of aliphatic hydroxyl groups excluding tert-OH is 1. The molecule has 0 amide bonds. The average Bonchev–Trinajstić information content (AvgIpc) is 2.83. The lowest BCUT2D eigenvalue weighted by Gasteiger charge is -2.17. The minimum absolute atomic E-state index is 0.104. The molecule has 0 aliphatic carbocycles. The monoisotopic (exact) mass is 486 g/mol. The Kier molecular flexibility index (Phi) is 9.15. The average molecular weight is 487 g/mol. The van der Waals surface area contributed by atoms with Crippen LogP contribution < -0.4 is 10.4 Å². The predicted molar refractivity (Wildman–Crippen MR) is 127 cm³/mol. The molecule has 0 aliphatic heterocycles. The second-order valence-corrected chi connectivity index (χ2v) is 8.59. The summed E-state index contributed by atoms with van der Waals surface area (Å²) in [5.74, 6) is -1.06. The largest absolute Gasteiger partial charge is 0.507 e. The second-order valence-electron chi connectivity index (χ2n) is 7.36. The molecule has 180 valence electrons. The first-order valence-corrected chi connectivity index (χ1v) is 11.6. The van der Waals surface area contributed by atoms with Crippen LogP contribution in [0.3, 0.4) is 0 Å². The smallest absolute Gasteiger partial charge is 0.343 e. The molecule has 0 spiro atoms. The molecule has 1 aromatic heterocycles. The zero-order valence-corrected chi connectivity index (χ0v) is 19.4. The van der Waals surface area contributed by atoms with Crippen molar-refractivity contribution in [3.8, 4) is 22.8 Å². The third-order valence-electron chi connectivity index (χ3n) is 4.78. The predicted octanol–water partition coefficient (Wildman–Crippen LogP) is 4.06. The van der Waals surface area contributed by atoms with Crippen molar-refractivity contribution in [2.24, 2.45) is 0 Å². The van der Waals surface area contributed by atoms with Gasteiger partial charge in [0.1, 0.15) is 22.7 Å². The van der Waals surface area contributed by atoms with Crippen LogP contribution in [0.4, 0.5) is 0 Å². The van der Waals surface area contributed by atoms with Crippen molar-refractivity contribution >= 4 is 17.7 Å². The Morgan fingerprint density at radius 3 is 2.56 bits per heavy atom. The quantitative estimate of drug-likeness (QED) is 0.257. The van der Waals surface area contributed by atoms with E-state index in [1.54, 1.807) is 6.07 Å². The fourth-order valence-electron chi connectivity index (χ4n) is 3.17. The SMILES string of the molecule is CCCOC(Cc1c(O)cc(-c2ccc(OCC(=O)O)c(CO)c2)oc1=O)Sc1ccccc1. The molecule has 0 saturated heterocycles. The molecule has 1 atom stereocenters. The third-order valence-corrected chi connectivity index (χ3v) is 5.89. The van der Waals surface area contributed by atoms with Crippen LogP contribution in [-0.2, 0) is 22.6 Å². The lowest BCUT2D eigenvalue weighted by atomic mass is 10.1. The Bertz CT molecular complexity index is 1160. The van der Waals surface area contributed by atoms with Crippen molar-refractivity contribution in [1.29, 1.82) is 0 Å². The van der Waals surface area contributed by atoms with E-state index >= 15 is 0 Å². The number of ether oxygens (including phenoxy) is 2. The Morgan fingerprint density at radius 1 is 1.15 bits per heavy atom. The Balaban J connectivity index is 1.84. The van der Waals surface area contributed by atoms with Gasteiger partial charge in [0.2, 0.25) is 0 Å². The molecular formula is C25H26O8S. The summed E-state index contributed by atoms with van der Waals surface area (Å²) in [6.07, 6.45) is 0.961. The molecule has 3 N–H and O–H groups in total. The summed E-state index contributed by atoms with van der Waals surface area (Å²) in [4.78, 5) is 24.5. The van der Waals surface area contributed by atoms with Crippen molar-refractivity contribution in [1.82, 2.24) is 0 Å². The number of carboxylic acid groups (broad SMARTS) is 1. The number of carbonyl (C=O) groups is 1. The molecule has 0 radical (unpaired) electrons. The van der Waals surface area contributed by atoms with E-state index in [4.69, 9.17) is 19.0 Å². The number of aliphatic carboxylic acids is 1. The highest BCUT2D eigenvalue weighted by atomic mass is 32.2. The van der Waals surface area contributed by atoms with Crippen LogP contribution >= 0.6 is 11.8 Å².